The van der Waals surface area contributed by atoms with Crippen molar-refractivity contribution in [1.82, 2.24) is 19.9 Å². The Morgan fingerprint density at radius 1 is 1.18 bits per heavy atom. The summed E-state index contributed by atoms with van der Waals surface area (Å²) in [7, 11) is 3.35. The van der Waals surface area contributed by atoms with Crippen molar-refractivity contribution in [1.29, 1.82) is 0 Å². The highest BCUT2D eigenvalue weighted by Crippen LogP contribution is 2.24. The zero-order valence-corrected chi connectivity index (χ0v) is 15.5. The zero-order valence-electron chi connectivity index (χ0n) is 15.5. The molecule has 0 saturated carbocycles. The van der Waals surface area contributed by atoms with Gasteiger partial charge in [-0.05, 0) is 17.7 Å². The fourth-order valence-electron chi connectivity index (χ4n) is 2.67. The molecule has 0 atom stereocenters. The summed E-state index contributed by atoms with van der Waals surface area (Å²) >= 11 is 0. The molecule has 2 aromatic carbocycles. The molecule has 3 aromatic rings. The van der Waals surface area contributed by atoms with Gasteiger partial charge in [-0.3, -0.25) is 10.1 Å². The lowest BCUT2D eigenvalue weighted by Gasteiger charge is -2.17. The van der Waals surface area contributed by atoms with Crippen molar-refractivity contribution in [2.75, 3.05) is 7.05 Å². The summed E-state index contributed by atoms with van der Waals surface area (Å²) in [5.41, 5.74) is 2.74. The molecular weight excluding hydrogens is 362 g/mol. The van der Waals surface area contributed by atoms with Crippen molar-refractivity contribution in [3.8, 4) is 11.3 Å². The minimum Gasteiger partial charge on any atom is -0.443 e. The van der Waals surface area contributed by atoms with E-state index in [2.05, 4.69) is 10.3 Å². The monoisotopic (exact) mass is 381 g/mol. The second-order valence-corrected chi connectivity index (χ2v) is 6.21. The van der Waals surface area contributed by atoms with Gasteiger partial charge >= 0.3 is 6.09 Å². The normalized spacial score (nSPS) is 10.5. The number of nitro groups is 1. The highest BCUT2D eigenvalue weighted by atomic mass is 16.6. The van der Waals surface area contributed by atoms with Crippen LogP contribution in [0.25, 0.3) is 11.3 Å². The van der Waals surface area contributed by atoms with E-state index in [1.165, 1.54) is 21.7 Å². The van der Waals surface area contributed by atoms with Crippen LogP contribution >= 0.6 is 0 Å². The molecule has 3 rings (SSSR count). The fourth-order valence-corrected chi connectivity index (χ4v) is 2.67. The van der Waals surface area contributed by atoms with Crippen molar-refractivity contribution in [2.24, 2.45) is 7.05 Å². The van der Waals surface area contributed by atoms with E-state index in [1.807, 2.05) is 30.3 Å². The van der Waals surface area contributed by atoms with Crippen LogP contribution in [0.2, 0.25) is 0 Å². The van der Waals surface area contributed by atoms with E-state index in [1.54, 1.807) is 26.2 Å². The highest BCUT2D eigenvalue weighted by molar-refractivity contribution is 5.68. The number of nitro benzene ring substituents is 1. The molecule has 0 saturated heterocycles. The van der Waals surface area contributed by atoms with Crippen LogP contribution in [-0.4, -0.2) is 38.0 Å². The van der Waals surface area contributed by atoms with Crippen molar-refractivity contribution in [2.45, 2.75) is 13.2 Å². The Labute approximate surface area is 161 Å². The van der Waals surface area contributed by atoms with Crippen LogP contribution in [-0.2, 0) is 24.9 Å². The largest absolute Gasteiger partial charge is 0.443 e. The molecule has 9 heteroatoms. The number of aromatic nitrogens is 3. The average Bonchev–Trinajstić information content (AvgIpc) is 3.07. The third-order valence-corrected chi connectivity index (χ3v) is 4.20. The molecule has 0 unspecified atom stereocenters. The molecule has 144 valence electrons. The number of amides is 1. The maximum atomic E-state index is 12.3. The van der Waals surface area contributed by atoms with E-state index in [9.17, 15) is 14.9 Å². The summed E-state index contributed by atoms with van der Waals surface area (Å²) in [6, 6.07) is 15.6. The molecule has 0 spiro atoms. The van der Waals surface area contributed by atoms with Gasteiger partial charge in [0, 0.05) is 38.3 Å². The first-order valence-electron chi connectivity index (χ1n) is 8.51. The van der Waals surface area contributed by atoms with E-state index in [-0.39, 0.29) is 12.3 Å². The zero-order chi connectivity index (χ0) is 20.1. The molecule has 28 heavy (non-hydrogen) atoms. The molecule has 0 aliphatic heterocycles. The third-order valence-electron chi connectivity index (χ3n) is 4.20. The smallest absolute Gasteiger partial charge is 0.410 e. The number of ether oxygens (including phenoxy) is 1. The van der Waals surface area contributed by atoms with Gasteiger partial charge in [0.1, 0.15) is 18.0 Å². The van der Waals surface area contributed by atoms with E-state index in [0.29, 0.717) is 23.5 Å². The van der Waals surface area contributed by atoms with Gasteiger partial charge in [0.25, 0.3) is 5.69 Å². The Morgan fingerprint density at radius 3 is 2.50 bits per heavy atom. The minimum absolute atomic E-state index is 0.0110. The standard InChI is InChI=1S/C19H19N5O4/c1-22(12-14-6-4-3-5-7-14)19(25)28-13-17-18(20-21-23(17)2)15-8-10-16(11-9-15)24(26)27/h3-11H,12-13H2,1-2H3. The summed E-state index contributed by atoms with van der Waals surface area (Å²) in [4.78, 5) is 24.1. The summed E-state index contributed by atoms with van der Waals surface area (Å²) in [6.07, 6.45) is -0.472. The second-order valence-electron chi connectivity index (χ2n) is 6.21. The van der Waals surface area contributed by atoms with E-state index in [4.69, 9.17) is 4.74 Å². The van der Waals surface area contributed by atoms with Gasteiger partial charge < -0.3 is 9.64 Å². The Bertz CT molecular complexity index is 970. The first-order chi connectivity index (χ1) is 13.5. The van der Waals surface area contributed by atoms with Crippen LogP contribution in [0.1, 0.15) is 11.3 Å². The van der Waals surface area contributed by atoms with Gasteiger partial charge in [-0.1, -0.05) is 35.5 Å². The SMILES string of the molecule is CN(Cc1ccccc1)C(=O)OCc1c(-c2ccc([N+](=O)[O-])cc2)nnn1C. The van der Waals surface area contributed by atoms with Gasteiger partial charge in [-0.25, -0.2) is 9.48 Å². The molecule has 0 aliphatic carbocycles. The van der Waals surface area contributed by atoms with Crippen LogP contribution in [0.5, 0.6) is 0 Å². The summed E-state index contributed by atoms with van der Waals surface area (Å²) in [5, 5.41) is 18.9. The maximum Gasteiger partial charge on any atom is 0.410 e. The molecular formula is C19H19N5O4. The van der Waals surface area contributed by atoms with E-state index >= 15 is 0 Å². The topological polar surface area (TPSA) is 103 Å². The number of aryl methyl sites for hydroxylation is 1. The summed E-state index contributed by atoms with van der Waals surface area (Å²) < 4.78 is 6.92. The van der Waals surface area contributed by atoms with Gasteiger partial charge in [-0.2, -0.15) is 0 Å². The van der Waals surface area contributed by atoms with Crippen molar-refractivity contribution < 1.29 is 14.5 Å². The molecule has 0 N–H and O–H groups in total. The van der Waals surface area contributed by atoms with Crippen LogP contribution in [0.3, 0.4) is 0 Å². The summed E-state index contributed by atoms with van der Waals surface area (Å²) in [6.45, 7) is 0.409. The quantitative estimate of drug-likeness (QED) is 0.480. The maximum absolute atomic E-state index is 12.3. The highest BCUT2D eigenvalue weighted by Gasteiger charge is 2.17. The Kier molecular flexibility index (Phi) is 5.64. The fraction of sp³-hybridized carbons (Fsp3) is 0.211. The molecule has 0 fully saturated rings. The van der Waals surface area contributed by atoms with Gasteiger partial charge in [0.2, 0.25) is 0 Å². The van der Waals surface area contributed by atoms with Crippen molar-refractivity contribution in [3.05, 3.63) is 76.0 Å². The molecule has 1 amide bonds. The number of hydrogen-bond acceptors (Lipinski definition) is 6. The number of non-ortho nitro benzene ring substituents is 1. The lowest BCUT2D eigenvalue weighted by atomic mass is 10.1. The van der Waals surface area contributed by atoms with Crippen LogP contribution in [0, 0.1) is 10.1 Å². The van der Waals surface area contributed by atoms with Gasteiger partial charge in [0.15, 0.2) is 0 Å². The minimum atomic E-state index is -0.472. The molecule has 9 nitrogen and oxygen atoms in total. The van der Waals surface area contributed by atoms with E-state index < -0.39 is 11.0 Å². The lowest BCUT2D eigenvalue weighted by Crippen LogP contribution is -2.27. The Balaban J connectivity index is 1.68. The first-order valence-corrected chi connectivity index (χ1v) is 8.51. The molecule has 1 aromatic heterocycles. The summed E-state index contributed by atoms with van der Waals surface area (Å²) in [5.74, 6) is 0. The van der Waals surface area contributed by atoms with E-state index in [0.717, 1.165) is 5.56 Å². The molecule has 1 heterocycles. The number of carbonyl (C=O) groups excluding carboxylic acids is 1. The predicted molar refractivity (Wildman–Crippen MR) is 101 cm³/mol. The van der Waals surface area contributed by atoms with Gasteiger partial charge in [-0.15, -0.1) is 5.10 Å². The van der Waals surface area contributed by atoms with Crippen LogP contribution < -0.4 is 0 Å². The van der Waals surface area contributed by atoms with Crippen LogP contribution in [0.15, 0.2) is 54.6 Å². The number of carbonyl (C=O) groups is 1. The molecule has 0 radical (unpaired) electrons. The molecule has 0 aliphatic rings. The van der Waals surface area contributed by atoms with Crippen molar-refractivity contribution >= 4 is 11.8 Å². The molecule has 0 bridgehead atoms. The Morgan fingerprint density at radius 2 is 1.86 bits per heavy atom. The number of nitrogens with zero attached hydrogens (tertiary/aromatic N) is 5. The lowest BCUT2D eigenvalue weighted by molar-refractivity contribution is -0.384. The second kappa shape index (κ2) is 8.30. The predicted octanol–water partition coefficient (Wildman–Crippen LogP) is 3.16. The number of benzene rings is 2. The van der Waals surface area contributed by atoms with Crippen LogP contribution in [0.4, 0.5) is 10.5 Å². The Hall–Kier alpha value is -3.75. The number of hydrogen-bond donors (Lipinski definition) is 0. The van der Waals surface area contributed by atoms with Crippen molar-refractivity contribution in [3.63, 3.8) is 0 Å². The number of rotatable bonds is 6. The first kappa shape index (κ1) is 19.0. The third kappa shape index (κ3) is 4.32. The van der Waals surface area contributed by atoms with Gasteiger partial charge in [0.05, 0.1) is 4.92 Å². The average molecular weight is 381 g/mol.